The lowest BCUT2D eigenvalue weighted by Gasteiger charge is -2.02. The first kappa shape index (κ1) is 9.49. The zero-order valence-corrected chi connectivity index (χ0v) is 9.27. The maximum absolute atomic E-state index is 5.68. The Morgan fingerprint density at radius 3 is 2.79 bits per heavy atom. The van der Waals surface area contributed by atoms with Gasteiger partial charge in [-0.05, 0) is 30.0 Å². The average Bonchev–Trinajstić information content (AvgIpc) is 2.78. The molecule has 0 amide bonds. The lowest BCUT2D eigenvalue weighted by Crippen LogP contribution is -1.98. The Balaban J connectivity index is 2.55. The van der Waals surface area contributed by atoms with E-state index in [1.54, 1.807) is 11.3 Å². The van der Waals surface area contributed by atoms with Gasteiger partial charge in [-0.3, -0.25) is 0 Å². The number of thiophene rings is 1. The smallest absolute Gasteiger partial charge is 0.0584 e. The van der Waals surface area contributed by atoms with Crippen LogP contribution in [-0.2, 0) is 13.6 Å². The van der Waals surface area contributed by atoms with Gasteiger partial charge in [-0.15, -0.1) is 11.3 Å². The molecule has 0 aliphatic heterocycles. The van der Waals surface area contributed by atoms with Crippen molar-refractivity contribution >= 4 is 11.3 Å². The van der Waals surface area contributed by atoms with Crippen molar-refractivity contribution < 1.29 is 0 Å². The maximum atomic E-state index is 5.68. The Labute approximate surface area is 88.0 Å². The van der Waals surface area contributed by atoms with Crippen LogP contribution in [-0.4, -0.2) is 4.57 Å². The van der Waals surface area contributed by atoms with Crippen LogP contribution in [0.3, 0.4) is 0 Å². The first-order valence-corrected chi connectivity index (χ1v) is 5.51. The highest BCUT2D eigenvalue weighted by molar-refractivity contribution is 7.13. The highest BCUT2D eigenvalue weighted by Gasteiger charge is 2.09. The molecule has 14 heavy (non-hydrogen) atoms. The lowest BCUT2D eigenvalue weighted by atomic mass is 10.2. The molecule has 0 unspecified atom stereocenters. The van der Waals surface area contributed by atoms with E-state index in [4.69, 9.17) is 5.73 Å². The van der Waals surface area contributed by atoms with Gasteiger partial charge in [0.2, 0.25) is 0 Å². The van der Waals surface area contributed by atoms with Gasteiger partial charge in [0.15, 0.2) is 0 Å². The lowest BCUT2D eigenvalue weighted by molar-refractivity contribution is 0.875. The summed E-state index contributed by atoms with van der Waals surface area (Å²) in [5, 5.41) is 2.10. The second-order valence-corrected chi connectivity index (χ2v) is 4.33. The van der Waals surface area contributed by atoms with Crippen molar-refractivity contribution in [3.8, 4) is 10.6 Å². The SMILES string of the molecule is Cc1c(CN)cc(-c2cccs2)n1C. The molecule has 0 fully saturated rings. The summed E-state index contributed by atoms with van der Waals surface area (Å²) in [5.74, 6) is 0. The van der Waals surface area contributed by atoms with Crippen LogP contribution in [0.5, 0.6) is 0 Å². The van der Waals surface area contributed by atoms with Gasteiger partial charge in [-0.1, -0.05) is 6.07 Å². The number of hydrogen-bond donors (Lipinski definition) is 1. The van der Waals surface area contributed by atoms with Gasteiger partial charge in [0.1, 0.15) is 0 Å². The Kier molecular flexibility index (Phi) is 2.44. The molecule has 0 bridgehead atoms. The van der Waals surface area contributed by atoms with Crippen molar-refractivity contribution in [3.05, 3.63) is 34.8 Å². The molecular formula is C11H14N2S. The quantitative estimate of drug-likeness (QED) is 0.804. The van der Waals surface area contributed by atoms with E-state index in [9.17, 15) is 0 Å². The van der Waals surface area contributed by atoms with Crippen molar-refractivity contribution in [2.24, 2.45) is 12.8 Å². The molecule has 2 heterocycles. The maximum Gasteiger partial charge on any atom is 0.0584 e. The summed E-state index contributed by atoms with van der Waals surface area (Å²) < 4.78 is 2.20. The fourth-order valence-electron chi connectivity index (χ4n) is 1.63. The molecular weight excluding hydrogens is 192 g/mol. The molecule has 2 N–H and O–H groups in total. The van der Waals surface area contributed by atoms with Crippen LogP contribution in [0.25, 0.3) is 10.6 Å². The predicted molar refractivity (Wildman–Crippen MR) is 61.4 cm³/mol. The van der Waals surface area contributed by atoms with Crippen molar-refractivity contribution in [2.75, 3.05) is 0 Å². The summed E-state index contributed by atoms with van der Waals surface area (Å²) in [6.45, 7) is 2.73. The van der Waals surface area contributed by atoms with E-state index < -0.39 is 0 Å². The van der Waals surface area contributed by atoms with E-state index in [1.165, 1.54) is 21.8 Å². The second kappa shape index (κ2) is 3.59. The largest absolute Gasteiger partial charge is 0.347 e. The number of rotatable bonds is 2. The van der Waals surface area contributed by atoms with E-state index in [2.05, 4.69) is 42.1 Å². The van der Waals surface area contributed by atoms with Gasteiger partial charge in [0, 0.05) is 19.3 Å². The van der Waals surface area contributed by atoms with E-state index >= 15 is 0 Å². The third kappa shape index (κ3) is 1.38. The Hall–Kier alpha value is -1.06. The predicted octanol–water partition coefficient (Wildman–Crippen LogP) is 2.52. The molecule has 74 valence electrons. The number of hydrogen-bond acceptors (Lipinski definition) is 2. The normalized spacial score (nSPS) is 10.8. The minimum Gasteiger partial charge on any atom is -0.347 e. The average molecular weight is 206 g/mol. The van der Waals surface area contributed by atoms with E-state index in [-0.39, 0.29) is 0 Å². The summed E-state index contributed by atoms with van der Waals surface area (Å²) in [7, 11) is 2.09. The topological polar surface area (TPSA) is 30.9 Å². The van der Waals surface area contributed by atoms with Gasteiger partial charge in [0.05, 0.1) is 10.6 Å². The van der Waals surface area contributed by atoms with Gasteiger partial charge in [-0.2, -0.15) is 0 Å². The van der Waals surface area contributed by atoms with Crippen molar-refractivity contribution in [2.45, 2.75) is 13.5 Å². The number of aromatic nitrogens is 1. The van der Waals surface area contributed by atoms with Gasteiger partial charge in [0.25, 0.3) is 0 Å². The summed E-state index contributed by atoms with van der Waals surface area (Å²) in [6.07, 6.45) is 0. The van der Waals surface area contributed by atoms with Gasteiger partial charge < -0.3 is 10.3 Å². The van der Waals surface area contributed by atoms with E-state index in [0.29, 0.717) is 6.54 Å². The Morgan fingerprint density at radius 1 is 1.50 bits per heavy atom. The Bertz CT molecular complexity index is 426. The fourth-order valence-corrected chi connectivity index (χ4v) is 2.41. The van der Waals surface area contributed by atoms with Crippen LogP contribution >= 0.6 is 11.3 Å². The zero-order valence-electron chi connectivity index (χ0n) is 8.45. The molecule has 2 rings (SSSR count). The standard InChI is InChI=1S/C11H14N2S/c1-8-9(7-12)6-10(13(8)2)11-4-3-5-14-11/h3-6H,7,12H2,1-2H3. The zero-order chi connectivity index (χ0) is 10.1. The molecule has 0 saturated heterocycles. The minimum absolute atomic E-state index is 0.616. The summed E-state index contributed by atoms with van der Waals surface area (Å²) >= 11 is 1.76. The molecule has 0 saturated carbocycles. The van der Waals surface area contributed by atoms with E-state index in [0.717, 1.165) is 0 Å². The monoisotopic (exact) mass is 206 g/mol. The first-order chi connectivity index (χ1) is 6.74. The Morgan fingerprint density at radius 2 is 2.29 bits per heavy atom. The molecule has 0 aliphatic rings. The van der Waals surface area contributed by atoms with Crippen LogP contribution in [0.15, 0.2) is 23.6 Å². The van der Waals surface area contributed by atoms with Crippen LogP contribution in [0.1, 0.15) is 11.3 Å². The molecule has 0 spiro atoms. The molecule has 0 aromatic carbocycles. The summed E-state index contributed by atoms with van der Waals surface area (Å²) in [6, 6.07) is 6.39. The van der Waals surface area contributed by atoms with Crippen LogP contribution in [0.4, 0.5) is 0 Å². The number of nitrogens with zero attached hydrogens (tertiary/aromatic N) is 1. The molecule has 2 nitrogen and oxygen atoms in total. The first-order valence-electron chi connectivity index (χ1n) is 4.63. The molecule has 2 aromatic rings. The highest BCUT2D eigenvalue weighted by atomic mass is 32.1. The number of nitrogens with two attached hydrogens (primary N) is 1. The van der Waals surface area contributed by atoms with Crippen molar-refractivity contribution in [1.82, 2.24) is 4.57 Å². The van der Waals surface area contributed by atoms with Gasteiger partial charge >= 0.3 is 0 Å². The van der Waals surface area contributed by atoms with Crippen LogP contribution in [0, 0.1) is 6.92 Å². The van der Waals surface area contributed by atoms with Gasteiger partial charge in [-0.25, -0.2) is 0 Å². The summed E-state index contributed by atoms with van der Waals surface area (Å²) in [4.78, 5) is 1.30. The van der Waals surface area contributed by atoms with Crippen molar-refractivity contribution in [3.63, 3.8) is 0 Å². The fraction of sp³-hybridized carbons (Fsp3) is 0.273. The van der Waals surface area contributed by atoms with Crippen molar-refractivity contribution in [1.29, 1.82) is 0 Å². The molecule has 0 radical (unpaired) electrons. The minimum atomic E-state index is 0.616. The summed E-state index contributed by atoms with van der Waals surface area (Å²) in [5.41, 5.74) is 9.43. The molecule has 0 aliphatic carbocycles. The van der Waals surface area contributed by atoms with Crippen LogP contribution < -0.4 is 5.73 Å². The van der Waals surface area contributed by atoms with E-state index in [1.807, 2.05) is 0 Å². The highest BCUT2D eigenvalue weighted by Crippen LogP contribution is 2.28. The second-order valence-electron chi connectivity index (χ2n) is 3.38. The van der Waals surface area contributed by atoms with Crippen LogP contribution in [0.2, 0.25) is 0 Å². The third-order valence-corrected chi connectivity index (χ3v) is 3.53. The molecule has 0 atom stereocenters. The molecule has 3 heteroatoms. The third-order valence-electron chi connectivity index (χ3n) is 2.63. The molecule has 2 aromatic heterocycles.